The van der Waals surface area contributed by atoms with E-state index in [1.165, 1.54) is 18.2 Å². The largest absolute Gasteiger partial charge is 0.484 e. The number of carbonyl (C=O) groups is 2. The quantitative estimate of drug-likeness (QED) is 0.842. The Labute approximate surface area is 157 Å². The van der Waals surface area contributed by atoms with Gasteiger partial charge in [0.1, 0.15) is 17.2 Å². The van der Waals surface area contributed by atoms with Gasteiger partial charge in [-0.3, -0.25) is 9.59 Å². The molecule has 2 aliphatic rings. The van der Waals surface area contributed by atoms with Crippen molar-refractivity contribution in [2.24, 2.45) is 0 Å². The fraction of sp³-hybridized carbons (Fsp3) is 0.333. The summed E-state index contributed by atoms with van der Waals surface area (Å²) in [4.78, 5) is 26.7. The lowest BCUT2D eigenvalue weighted by atomic mass is 9.90. The van der Waals surface area contributed by atoms with Gasteiger partial charge in [-0.25, -0.2) is 4.39 Å². The first-order valence-electron chi connectivity index (χ1n) is 9.09. The number of aryl methyl sites for hydroxylation is 1. The number of ether oxygens (including phenoxy) is 1. The molecule has 1 saturated heterocycles. The fourth-order valence-corrected chi connectivity index (χ4v) is 3.72. The maximum atomic E-state index is 13.4. The monoisotopic (exact) mass is 368 g/mol. The molecule has 2 aliphatic heterocycles. The van der Waals surface area contributed by atoms with E-state index in [1.807, 2.05) is 25.1 Å². The summed E-state index contributed by atoms with van der Waals surface area (Å²) < 4.78 is 19.7. The highest BCUT2D eigenvalue weighted by molar-refractivity contribution is 5.97. The average molecular weight is 368 g/mol. The lowest BCUT2D eigenvalue weighted by Gasteiger charge is -2.41. The van der Waals surface area contributed by atoms with Crippen LogP contribution >= 0.6 is 0 Å². The summed E-state index contributed by atoms with van der Waals surface area (Å²) in [5.74, 6) is -0.154. The van der Waals surface area contributed by atoms with Gasteiger partial charge in [-0.1, -0.05) is 17.7 Å². The Balaban J connectivity index is 1.50. The molecule has 140 valence electrons. The average Bonchev–Trinajstić information content (AvgIpc) is 2.80. The van der Waals surface area contributed by atoms with Crippen LogP contribution in [0.1, 0.15) is 39.1 Å². The molecule has 1 fully saturated rings. The zero-order valence-corrected chi connectivity index (χ0v) is 15.1. The molecule has 0 aromatic heterocycles. The molecule has 2 amide bonds. The normalized spacial score (nSPS) is 18.3. The molecule has 27 heavy (non-hydrogen) atoms. The molecule has 4 rings (SSSR count). The number of fused-ring (bicyclic) bond motifs is 1. The van der Waals surface area contributed by atoms with Gasteiger partial charge in [0.05, 0.1) is 12.1 Å². The van der Waals surface area contributed by atoms with Crippen molar-refractivity contribution in [2.45, 2.75) is 25.4 Å². The van der Waals surface area contributed by atoms with E-state index in [1.54, 1.807) is 11.0 Å². The molecular formula is C21H21FN2O3. The van der Waals surface area contributed by atoms with Crippen LogP contribution in [0, 0.1) is 12.7 Å². The van der Waals surface area contributed by atoms with E-state index >= 15 is 0 Å². The van der Waals surface area contributed by atoms with Gasteiger partial charge in [0.25, 0.3) is 11.8 Å². The second-order valence-electron chi connectivity index (χ2n) is 7.27. The standard InChI is InChI=1S/C21H21FN2O3/c1-14-5-6-18-17(11-14)19(25)23-13-21(27-18)7-9-24(10-8-21)20(26)15-3-2-4-16(22)12-15/h2-6,11-12H,7-10,13H2,1H3,(H,23,25). The van der Waals surface area contributed by atoms with Gasteiger partial charge in [-0.05, 0) is 37.3 Å². The van der Waals surface area contributed by atoms with Crippen LogP contribution in [0.15, 0.2) is 42.5 Å². The molecule has 2 heterocycles. The van der Waals surface area contributed by atoms with Crippen LogP contribution < -0.4 is 10.1 Å². The molecule has 2 aromatic rings. The SMILES string of the molecule is Cc1ccc2c(c1)C(=O)NCC1(CCN(C(=O)c3cccc(F)c3)CC1)O2. The smallest absolute Gasteiger partial charge is 0.255 e. The van der Waals surface area contributed by atoms with Crippen LogP contribution in [0.2, 0.25) is 0 Å². The molecule has 2 aromatic carbocycles. The molecule has 0 bridgehead atoms. The van der Waals surface area contributed by atoms with Gasteiger partial charge in [-0.15, -0.1) is 0 Å². The van der Waals surface area contributed by atoms with E-state index < -0.39 is 11.4 Å². The maximum Gasteiger partial charge on any atom is 0.255 e. The Morgan fingerprint density at radius 1 is 1.19 bits per heavy atom. The molecule has 1 spiro atoms. The van der Waals surface area contributed by atoms with Gasteiger partial charge in [0.2, 0.25) is 0 Å². The summed E-state index contributed by atoms with van der Waals surface area (Å²) in [6, 6.07) is 11.3. The zero-order valence-electron chi connectivity index (χ0n) is 15.1. The van der Waals surface area contributed by atoms with Crippen LogP contribution in [-0.4, -0.2) is 41.9 Å². The van der Waals surface area contributed by atoms with Crippen molar-refractivity contribution in [1.29, 1.82) is 0 Å². The van der Waals surface area contributed by atoms with Crippen LogP contribution in [0.25, 0.3) is 0 Å². The van der Waals surface area contributed by atoms with Gasteiger partial charge >= 0.3 is 0 Å². The third-order valence-corrected chi connectivity index (χ3v) is 5.31. The lowest BCUT2D eigenvalue weighted by Crippen LogP contribution is -2.54. The Kier molecular flexibility index (Phi) is 4.34. The minimum atomic E-state index is -0.533. The summed E-state index contributed by atoms with van der Waals surface area (Å²) in [7, 11) is 0. The molecule has 0 saturated carbocycles. The van der Waals surface area contributed by atoms with E-state index in [4.69, 9.17) is 4.74 Å². The second kappa shape index (κ2) is 6.68. The predicted octanol–water partition coefficient (Wildman–Crippen LogP) is 2.93. The lowest BCUT2D eigenvalue weighted by molar-refractivity contribution is 0.00769. The number of halogens is 1. The number of benzene rings is 2. The number of nitrogens with one attached hydrogen (secondary N) is 1. The van der Waals surface area contributed by atoms with Crippen LogP contribution in [-0.2, 0) is 0 Å². The van der Waals surface area contributed by atoms with Crippen molar-refractivity contribution in [3.63, 3.8) is 0 Å². The first kappa shape index (κ1) is 17.5. The van der Waals surface area contributed by atoms with Crippen molar-refractivity contribution in [1.82, 2.24) is 10.2 Å². The highest BCUT2D eigenvalue weighted by atomic mass is 19.1. The minimum absolute atomic E-state index is 0.135. The summed E-state index contributed by atoms with van der Waals surface area (Å²) >= 11 is 0. The maximum absolute atomic E-state index is 13.4. The number of likely N-dealkylation sites (tertiary alicyclic amines) is 1. The first-order chi connectivity index (χ1) is 13.0. The van der Waals surface area contributed by atoms with Crippen LogP contribution in [0.4, 0.5) is 4.39 Å². The molecule has 5 nitrogen and oxygen atoms in total. The Morgan fingerprint density at radius 3 is 2.70 bits per heavy atom. The van der Waals surface area contributed by atoms with Crippen molar-refractivity contribution >= 4 is 11.8 Å². The Bertz CT molecular complexity index is 904. The number of hydrogen-bond acceptors (Lipinski definition) is 3. The van der Waals surface area contributed by atoms with Crippen molar-refractivity contribution in [3.05, 3.63) is 65.0 Å². The van der Waals surface area contributed by atoms with Crippen molar-refractivity contribution in [3.8, 4) is 5.75 Å². The van der Waals surface area contributed by atoms with E-state index in [-0.39, 0.29) is 11.8 Å². The molecule has 0 aliphatic carbocycles. The van der Waals surface area contributed by atoms with Crippen LogP contribution in [0.5, 0.6) is 5.75 Å². The van der Waals surface area contributed by atoms with Gasteiger partial charge in [-0.2, -0.15) is 0 Å². The minimum Gasteiger partial charge on any atom is -0.484 e. The molecular weight excluding hydrogens is 347 g/mol. The Hall–Kier alpha value is -2.89. The molecule has 0 atom stereocenters. The number of hydrogen-bond donors (Lipinski definition) is 1. The predicted molar refractivity (Wildman–Crippen MR) is 98.4 cm³/mol. The zero-order chi connectivity index (χ0) is 19.0. The topological polar surface area (TPSA) is 58.6 Å². The number of rotatable bonds is 1. The fourth-order valence-electron chi connectivity index (χ4n) is 3.72. The molecule has 1 N–H and O–H groups in total. The van der Waals surface area contributed by atoms with Gasteiger partial charge in [0.15, 0.2) is 0 Å². The first-order valence-corrected chi connectivity index (χ1v) is 9.09. The third-order valence-electron chi connectivity index (χ3n) is 5.31. The number of piperidine rings is 1. The summed E-state index contributed by atoms with van der Waals surface area (Å²) in [6.07, 6.45) is 1.20. The van der Waals surface area contributed by atoms with Gasteiger partial charge in [0, 0.05) is 31.5 Å². The Morgan fingerprint density at radius 2 is 1.96 bits per heavy atom. The van der Waals surface area contributed by atoms with Crippen LogP contribution in [0.3, 0.4) is 0 Å². The summed E-state index contributed by atoms with van der Waals surface area (Å²) in [5, 5.41) is 2.95. The van der Waals surface area contributed by atoms with E-state index in [0.717, 1.165) is 5.56 Å². The second-order valence-corrected chi connectivity index (χ2v) is 7.27. The molecule has 0 unspecified atom stereocenters. The molecule has 6 heteroatoms. The number of carbonyl (C=O) groups excluding carboxylic acids is 2. The van der Waals surface area contributed by atoms with Crippen molar-refractivity contribution < 1.29 is 18.7 Å². The van der Waals surface area contributed by atoms with E-state index in [0.29, 0.717) is 49.4 Å². The highest BCUT2D eigenvalue weighted by Crippen LogP contribution is 2.33. The van der Waals surface area contributed by atoms with E-state index in [9.17, 15) is 14.0 Å². The summed E-state index contributed by atoms with van der Waals surface area (Å²) in [6.45, 7) is 3.32. The van der Waals surface area contributed by atoms with E-state index in [2.05, 4.69) is 5.32 Å². The third kappa shape index (κ3) is 3.39. The van der Waals surface area contributed by atoms with Crippen molar-refractivity contribution in [2.75, 3.05) is 19.6 Å². The molecule has 0 radical (unpaired) electrons. The number of amides is 2. The highest BCUT2D eigenvalue weighted by Gasteiger charge is 2.41. The number of nitrogens with zero attached hydrogens (tertiary/aromatic N) is 1. The van der Waals surface area contributed by atoms with Gasteiger partial charge < -0.3 is 15.0 Å². The summed E-state index contributed by atoms with van der Waals surface area (Å²) in [5.41, 5.74) is 1.36.